The van der Waals surface area contributed by atoms with Crippen LogP contribution in [0.15, 0.2) is 41.8 Å². The standard InChI is InChI=1S/C13H10OS/c1-2-10-8-9-15-13(10)12(14)11-6-4-3-5-7-11/h1,3-9,12,14H. The van der Waals surface area contributed by atoms with Gasteiger partial charge in [-0.25, -0.2) is 0 Å². The maximum absolute atomic E-state index is 10.1. The largest absolute Gasteiger partial charge is 0.383 e. The fourth-order valence-corrected chi connectivity index (χ4v) is 2.31. The Bertz CT molecular complexity index is 479. The Hall–Kier alpha value is -1.56. The van der Waals surface area contributed by atoms with E-state index in [1.165, 1.54) is 11.3 Å². The fourth-order valence-electron chi connectivity index (χ4n) is 1.44. The molecule has 0 saturated heterocycles. The van der Waals surface area contributed by atoms with Gasteiger partial charge in [0.1, 0.15) is 6.10 Å². The van der Waals surface area contributed by atoms with Crippen LogP contribution in [0.5, 0.6) is 0 Å². The molecule has 0 spiro atoms. The lowest BCUT2D eigenvalue weighted by Crippen LogP contribution is -1.98. The van der Waals surface area contributed by atoms with E-state index in [4.69, 9.17) is 6.42 Å². The third-order valence-corrected chi connectivity index (χ3v) is 3.18. The van der Waals surface area contributed by atoms with Crippen LogP contribution in [0, 0.1) is 12.3 Å². The summed E-state index contributed by atoms with van der Waals surface area (Å²) in [6.45, 7) is 0. The van der Waals surface area contributed by atoms with Gasteiger partial charge in [-0.15, -0.1) is 17.8 Å². The number of aliphatic hydroxyl groups excluding tert-OH is 1. The second kappa shape index (κ2) is 4.31. The van der Waals surface area contributed by atoms with Crippen molar-refractivity contribution in [3.8, 4) is 12.3 Å². The first kappa shape index (κ1) is 9.97. The second-order valence-corrected chi connectivity index (χ2v) is 4.10. The zero-order valence-corrected chi connectivity index (χ0v) is 8.87. The predicted octanol–water partition coefficient (Wildman–Crippen LogP) is 2.81. The normalized spacial score (nSPS) is 12.0. The molecule has 1 aromatic heterocycles. The Kier molecular flexibility index (Phi) is 2.86. The van der Waals surface area contributed by atoms with Gasteiger partial charge in [0.05, 0.1) is 4.88 Å². The molecule has 0 radical (unpaired) electrons. The molecule has 1 unspecified atom stereocenters. The fraction of sp³-hybridized carbons (Fsp3) is 0.0769. The van der Waals surface area contributed by atoms with E-state index in [-0.39, 0.29) is 0 Å². The van der Waals surface area contributed by atoms with Gasteiger partial charge in [0.15, 0.2) is 0 Å². The third-order valence-electron chi connectivity index (χ3n) is 2.21. The summed E-state index contributed by atoms with van der Waals surface area (Å²) in [6.07, 6.45) is 4.74. The van der Waals surface area contributed by atoms with Gasteiger partial charge >= 0.3 is 0 Å². The van der Waals surface area contributed by atoms with Crippen molar-refractivity contribution >= 4 is 11.3 Å². The molecule has 1 atom stereocenters. The Morgan fingerprint density at radius 3 is 2.60 bits per heavy atom. The van der Waals surface area contributed by atoms with Gasteiger partial charge in [-0.1, -0.05) is 36.3 Å². The first-order valence-electron chi connectivity index (χ1n) is 4.60. The van der Waals surface area contributed by atoms with Crippen LogP contribution in [-0.2, 0) is 0 Å². The van der Waals surface area contributed by atoms with Crippen LogP contribution in [0.2, 0.25) is 0 Å². The van der Waals surface area contributed by atoms with Gasteiger partial charge in [-0.2, -0.15) is 0 Å². The molecule has 2 aromatic rings. The highest BCUT2D eigenvalue weighted by Crippen LogP contribution is 2.28. The van der Waals surface area contributed by atoms with Gasteiger partial charge < -0.3 is 5.11 Å². The predicted molar refractivity (Wildman–Crippen MR) is 62.8 cm³/mol. The van der Waals surface area contributed by atoms with Gasteiger partial charge in [0, 0.05) is 5.56 Å². The van der Waals surface area contributed by atoms with Crippen molar-refractivity contribution in [1.29, 1.82) is 0 Å². The van der Waals surface area contributed by atoms with E-state index < -0.39 is 6.10 Å². The average Bonchev–Trinajstić information content (AvgIpc) is 2.77. The molecule has 0 aliphatic carbocycles. The number of thiophene rings is 1. The van der Waals surface area contributed by atoms with Crippen LogP contribution < -0.4 is 0 Å². The van der Waals surface area contributed by atoms with Crippen LogP contribution in [0.3, 0.4) is 0 Å². The lowest BCUT2D eigenvalue weighted by Gasteiger charge is -2.09. The van der Waals surface area contributed by atoms with Crippen molar-refractivity contribution in [3.05, 3.63) is 57.8 Å². The second-order valence-electron chi connectivity index (χ2n) is 3.16. The molecular weight excluding hydrogens is 204 g/mol. The number of hydrogen-bond donors (Lipinski definition) is 1. The van der Waals surface area contributed by atoms with Crippen molar-refractivity contribution in [2.45, 2.75) is 6.10 Å². The molecular formula is C13H10OS. The molecule has 1 nitrogen and oxygen atoms in total. The van der Waals surface area contributed by atoms with Crippen LogP contribution >= 0.6 is 11.3 Å². The third kappa shape index (κ3) is 1.94. The number of hydrogen-bond acceptors (Lipinski definition) is 2. The van der Waals surface area contributed by atoms with Gasteiger partial charge in [-0.3, -0.25) is 0 Å². The number of rotatable bonds is 2. The summed E-state index contributed by atoms with van der Waals surface area (Å²) in [5.74, 6) is 2.58. The molecule has 2 rings (SSSR count). The maximum atomic E-state index is 10.1. The van der Waals surface area contributed by atoms with Crippen molar-refractivity contribution in [2.75, 3.05) is 0 Å². The van der Waals surface area contributed by atoms with Crippen LogP contribution in [0.25, 0.3) is 0 Å². The first-order chi connectivity index (χ1) is 7.33. The molecule has 0 aliphatic heterocycles. The van der Waals surface area contributed by atoms with E-state index in [0.717, 1.165) is 16.0 Å². The Labute approximate surface area is 93.0 Å². The summed E-state index contributed by atoms with van der Waals surface area (Å²) in [5.41, 5.74) is 1.65. The summed E-state index contributed by atoms with van der Waals surface area (Å²) < 4.78 is 0. The quantitative estimate of drug-likeness (QED) is 0.762. The van der Waals surface area contributed by atoms with Crippen LogP contribution in [0.4, 0.5) is 0 Å². The van der Waals surface area contributed by atoms with E-state index in [9.17, 15) is 5.11 Å². The topological polar surface area (TPSA) is 20.2 Å². The molecule has 1 aromatic carbocycles. The lowest BCUT2D eigenvalue weighted by molar-refractivity contribution is 0.224. The summed E-state index contributed by atoms with van der Waals surface area (Å²) >= 11 is 1.48. The molecule has 1 N–H and O–H groups in total. The average molecular weight is 214 g/mol. The lowest BCUT2D eigenvalue weighted by atomic mass is 10.1. The smallest absolute Gasteiger partial charge is 0.114 e. The molecule has 0 amide bonds. The zero-order valence-electron chi connectivity index (χ0n) is 8.05. The zero-order chi connectivity index (χ0) is 10.7. The monoisotopic (exact) mass is 214 g/mol. The summed E-state index contributed by atoms with van der Waals surface area (Å²) in [5, 5.41) is 12.0. The van der Waals surface area contributed by atoms with E-state index in [2.05, 4.69) is 5.92 Å². The van der Waals surface area contributed by atoms with E-state index in [1.807, 2.05) is 41.8 Å². The van der Waals surface area contributed by atoms with Gasteiger partial charge in [0.25, 0.3) is 0 Å². The number of terminal acetylenes is 1. The molecule has 0 fully saturated rings. The SMILES string of the molecule is C#Cc1ccsc1C(O)c1ccccc1. The molecule has 2 heteroatoms. The molecule has 15 heavy (non-hydrogen) atoms. The minimum absolute atomic E-state index is 0.614. The first-order valence-corrected chi connectivity index (χ1v) is 5.48. The minimum Gasteiger partial charge on any atom is -0.383 e. The molecule has 0 aliphatic rings. The van der Waals surface area contributed by atoms with E-state index in [0.29, 0.717) is 0 Å². The maximum Gasteiger partial charge on any atom is 0.114 e. The van der Waals surface area contributed by atoms with Crippen molar-refractivity contribution < 1.29 is 5.11 Å². The van der Waals surface area contributed by atoms with E-state index in [1.54, 1.807) is 0 Å². The van der Waals surface area contributed by atoms with Crippen molar-refractivity contribution in [3.63, 3.8) is 0 Å². The molecule has 1 heterocycles. The van der Waals surface area contributed by atoms with E-state index >= 15 is 0 Å². The van der Waals surface area contributed by atoms with Gasteiger partial charge in [-0.05, 0) is 17.0 Å². The van der Waals surface area contributed by atoms with Crippen molar-refractivity contribution in [1.82, 2.24) is 0 Å². The molecule has 0 saturated carbocycles. The van der Waals surface area contributed by atoms with Gasteiger partial charge in [0.2, 0.25) is 0 Å². The molecule has 0 bridgehead atoms. The summed E-state index contributed by atoms with van der Waals surface area (Å²) in [7, 11) is 0. The van der Waals surface area contributed by atoms with Crippen LogP contribution in [-0.4, -0.2) is 5.11 Å². The van der Waals surface area contributed by atoms with Crippen LogP contribution in [0.1, 0.15) is 22.1 Å². The number of benzene rings is 1. The number of aliphatic hydroxyl groups is 1. The Balaban J connectivity index is 2.38. The molecule has 74 valence electrons. The highest BCUT2D eigenvalue weighted by atomic mass is 32.1. The minimum atomic E-state index is -0.614. The highest BCUT2D eigenvalue weighted by molar-refractivity contribution is 7.10. The Morgan fingerprint density at radius 2 is 1.93 bits per heavy atom. The highest BCUT2D eigenvalue weighted by Gasteiger charge is 2.14. The van der Waals surface area contributed by atoms with Crippen molar-refractivity contribution in [2.24, 2.45) is 0 Å². The summed E-state index contributed by atoms with van der Waals surface area (Å²) in [4.78, 5) is 0.837. The Morgan fingerprint density at radius 1 is 1.20 bits per heavy atom. The summed E-state index contributed by atoms with van der Waals surface area (Å²) in [6, 6.07) is 11.4.